The van der Waals surface area contributed by atoms with E-state index in [4.69, 9.17) is 0 Å². The van der Waals surface area contributed by atoms with Gasteiger partial charge in [0.1, 0.15) is 5.69 Å². The molecule has 3 rings (SSSR count). The monoisotopic (exact) mass is 290 g/mol. The molecule has 0 radical (unpaired) electrons. The van der Waals surface area contributed by atoms with Gasteiger partial charge in [0.2, 0.25) is 0 Å². The summed E-state index contributed by atoms with van der Waals surface area (Å²) in [5.74, 6) is 0.288. The van der Waals surface area contributed by atoms with Crippen molar-refractivity contribution in [3.63, 3.8) is 0 Å². The van der Waals surface area contributed by atoms with Gasteiger partial charge < -0.3 is 0 Å². The van der Waals surface area contributed by atoms with Crippen molar-refractivity contribution in [1.29, 1.82) is 0 Å². The van der Waals surface area contributed by atoms with Crippen LogP contribution in [-0.4, -0.2) is 36.0 Å². The first kappa shape index (κ1) is 13.1. The minimum absolute atomic E-state index is 0.0984. The van der Waals surface area contributed by atoms with E-state index in [1.54, 1.807) is 10.9 Å². The normalized spacial score (nSPS) is 20.9. The maximum atomic E-state index is 11.5. The number of aromatic nitrogens is 2. The van der Waals surface area contributed by atoms with Gasteiger partial charge in [0.05, 0.1) is 23.1 Å². The number of hydrogen-bond acceptors (Lipinski definition) is 4. The lowest BCUT2D eigenvalue weighted by atomic mass is 10.1. The third-order valence-corrected chi connectivity index (χ3v) is 5.27. The highest BCUT2D eigenvalue weighted by atomic mass is 32.2. The average Bonchev–Trinajstić information content (AvgIpc) is 3.02. The van der Waals surface area contributed by atoms with Gasteiger partial charge in [-0.25, -0.2) is 8.42 Å². The Morgan fingerprint density at radius 1 is 1.25 bits per heavy atom. The number of aldehydes is 1. The Kier molecular flexibility index (Phi) is 3.17. The summed E-state index contributed by atoms with van der Waals surface area (Å²) >= 11 is 0. The van der Waals surface area contributed by atoms with E-state index in [1.165, 1.54) is 0 Å². The Balaban J connectivity index is 2.00. The third-order valence-electron chi connectivity index (χ3n) is 3.52. The standard InChI is InChI=1S/C14H14N2O3S/c17-9-12-8-16(13-6-7-20(18,19)10-13)15-14(12)11-4-2-1-3-5-11/h1-5,8-9,13H,6-7,10H2. The van der Waals surface area contributed by atoms with Crippen LogP contribution in [0.4, 0.5) is 0 Å². The zero-order chi connectivity index (χ0) is 14.2. The van der Waals surface area contributed by atoms with Crippen molar-refractivity contribution in [1.82, 2.24) is 9.78 Å². The molecule has 2 aromatic rings. The molecule has 1 aromatic carbocycles. The molecule has 1 aliphatic rings. The predicted octanol–water partition coefficient (Wildman–Crippen LogP) is 1.72. The van der Waals surface area contributed by atoms with Gasteiger partial charge in [-0.3, -0.25) is 9.48 Å². The van der Waals surface area contributed by atoms with Gasteiger partial charge >= 0.3 is 0 Å². The van der Waals surface area contributed by atoms with Gasteiger partial charge in [0.15, 0.2) is 16.1 Å². The summed E-state index contributed by atoms with van der Waals surface area (Å²) in [6.07, 6.45) is 2.95. The number of hydrogen-bond donors (Lipinski definition) is 0. The van der Waals surface area contributed by atoms with E-state index in [9.17, 15) is 13.2 Å². The second kappa shape index (κ2) is 4.86. The molecule has 20 heavy (non-hydrogen) atoms. The molecular formula is C14H14N2O3S. The van der Waals surface area contributed by atoms with Crippen LogP contribution in [0.15, 0.2) is 36.5 Å². The summed E-state index contributed by atoms with van der Waals surface area (Å²) in [4.78, 5) is 11.2. The summed E-state index contributed by atoms with van der Waals surface area (Å²) < 4.78 is 24.7. The Labute approximate surface area is 117 Å². The Hall–Kier alpha value is -1.95. The van der Waals surface area contributed by atoms with Gasteiger partial charge in [0.25, 0.3) is 0 Å². The zero-order valence-electron chi connectivity index (χ0n) is 10.8. The third kappa shape index (κ3) is 2.38. The van der Waals surface area contributed by atoms with Crippen LogP contribution in [0.5, 0.6) is 0 Å². The van der Waals surface area contributed by atoms with E-state index in [0.717, 1.165) is 11.8 Å². The minimum Gasteiger partial charge on any atom is -0.298 e. The van der Waals surface area contributed by atoms with E-state index in [2.05, 4.69) is 5.10 Å². The molecule has 1 saturated heterocycles. The molecule has 1 aliphatic heterocycles. The van der Waals surface area contributed by atoms with Gasteiger partial charge in [-0.2, -0.15) is 5.10 Å². The zero-order valence-corrected chi connectivity index (χ0v) is 11.6. The first-order chi connectivity index (χ1) is 9.59. The number of sulfone groups is 1. The number of benzene rings is 1. The first-order valence-corrected chi connectivity index (χ1v) is 8.21. The average molecular weight is 290 g/mol. The van der Waals surface area contributed by atoms with Crippen LogP contribution in [0.25, 0.3) is 11.3 Å². The molecule has 6 heteroatoms. The molecule has 0 bridgehead atoms. The molecule has 2 heterocycles. The maximum absolute atomic E-state index is 11.5. The van der Waals surface area contributed by atoms with Gasteiger partial charge in [-0.1, -0.05) is 30.3 Å². The van der Waals surface area contributed by atoms with E-state index < -0.39 is 9.84 Å². The molecule has 1 fully saturated rings. The minimum atomic E-state index is -2.97. The van der Waals surface area contributed by atoms with E-state index in [-0.39, 0.29) is 17.5 Å². The van der Waals surface area contributed by atoms with E-state index >= 15 is 0 Å². The summed E-state index contributed by atoms with van der Waals surface area (Å²) in [5, 5.41) is 4.42. The first-order valence-electron chi connectivity index (χ1n) is 6.39. The molecule has 5 nitrogen and oxygen atoms in total. The van der Waals surface area contributed by atoms with Gasteiger partial charge in [-0.05, 0) is 6.42 Å². The number of rotatable bonds is 3. The van der Waals surface area contributed by atoms with Crippen molar-refractivity contribution in [2.75, 3.05) is 11.5 Å². The molecular weight excluding hydrogens is 276 g/mol. The SMILES string of the molecule is O=Cc1cn(C2CCS(=O)(=O)C2)nc1-c1ccccc1. The van der Waals surface area contributed by atoms with Gasteiger partial charge in [0, 0.05) is 11.8 Å². The number of nitrogens with zero attached hydrogens (tertiary/aromatic N) is 2. The van der Waals surface area contributed by atoms with Crippen molar-refractivity contribution in [2.45, 2.75) is 12.5 Å². The molecule has 1 aromatic heterocycles. The van der Waals surface area contributed by atoms with Gasteiger partial charge in [-0.15, -0.1) is 0 Å². The topological polar surface area (TPSA) is 69.0 Å². The summed E-state index contributed by atoms with van der Waals surface area (Å²) in [5.41, 5.74) is 1.94. The van der Waals surface area contributed by atoms with Crippen LogP contribution in [0.3, 0.4) is 0 Å². The van der Waals surface area contributed by atoms with Crippen molar-refractivity contribution in [3.8, 4) is 11.3 Å². The Bertz CT molecular complexity index is 735. The fraction of sp³-hybridized carbons (Fsp3) is 0.286. The van der Waals surface area contributed by atoms with Crippen molar-refractivity contribution in [3.05, 3.63) is 42.1 Å². The van der Waals surface area contributed by atoms with Crippen molar-refractivity contribution < 1.29 is 13.2 Å². The lowest BCUT2D eigenvalue weighted by Crippen LogP contribution is -2.11. The largest absolute Gasteiger partial charge is 0.298 e. The quantitative estimate of drug-likeness (QED) is 0.807. The molecule has 0 N–H and O–H groups in total. The molecule has 0 spiro atoms. The molecule has 1 atom stereocenters. The highest BCUT2D eigenvalue weighted by molar-refractivity contribution is 7.91. The Morgan fingerprint density at radius 2 is 2.00 bits per heavy atom. The summed E-state index contributed by atoms with van der Waals surface area (Å²) in [6, 6.07) is 9.24. The van der Waals surface area contributed by atoms with Crippen molar-refractivity contribution >= 4 is 16.1 Å². The lowest BCUT2D eigenvalue weighted by Gasteiger charge is -2.07. The van der Waals surface area contributed by atoms with Crippen LogP contribution in [-0.2, 0) is 9.84 Å². The highest BCUT2D eigenvalue weighted by Gasteiger charge is 2.30. The second-order valence-electron chi connectivity index (χ2n) is 4.95. The number of carbonyl (C=O) groups excluding carboxylic acids is 1. The fourth-order valence-corrected chi connectivity index (χ4v) is 4.19. The van der Waals surface area contributed by atoms with Crippen LogP contribution >= 0.6 is 0 Å². The van der Waals surface area contributed by atoms with E-state index in [1.807, 2.05) is 30.3 Å². The molecule has 1 unspecified atom stereocenters. The molecule has 0 saturated carbocycles. The van der Waals surface area contributed by atoms with Crippen LogP contribution < -0.4 is 0 Å². The lowest BCUT2D eigenvalue weighted by molar-refractivity contribution is 0.112. The predicted molar refractivity (Wildman–Crippen MR) is 75.4 cm³/mol. The molecule has 104 valence electrons. The van der Waals surface area contributed by atoms with E-state index in [0.29, 0.717) is 17.7 Å². The van der Waals surface area contributed by atoms with Crippen LogP contribution in [0, 0.1) is 0 Å². The fourth-order valence-electron chi connectivity index (χ4n) is 2.48. The molecule has 0 aliphatic carbocycles. The maximum Gasteiger partial charge on any atom is 0.153 e. The summed E-state index contributed by atoms with van der Waals surface area (Å²) in [6.45, 7) is 0. The highest BCUT2D eigenvalue weighted by Crippen LogP contribution is 2.27. The van der Waals surface area contributed by atoms with Crippen LogP contribution in [0.1, 0.15) is 22.8 Å². The van der Waals surface area contributed by atoms with Crippen molar-refractivity contribution in [2.24, 2.45) is 0 Å². The second-order valence-corrected chi connectivity index (χ2v) is 7.18. The van der Waals surface area contributed by atoms with Crippen LogP contribution in [0.2, 0.25) is 0 Å². The Morgan fingerprint density at radius 3 is 2.60 bits per heavy atom. The smallest absolute Gasteiger partial charge is 0.153 e. The summed E-state index contributed by atoms with van der Waals surface area (Å²) in [7, 11) is -2.97. The number of carbonyl (C=O) groups is 1. The molecule has 0 amide bonds.